The molecule has 4 atom stereocenters. The number of Topliss-reactive ketones (excluding diaryl/α,β-unsaturated/α-hetero) is 4. The number of hydrogen-bond donors (Lipinski definition) is 0. The van der Waals surface area contributed by atoms with Gasteiger partial charge in [0.2, 0.25) is 5.41 Å². The molecule has 4 unspecified atom stereocenters. The number of esters is 2. The minimum absolute atomic E-state index is 0.0411. The Labute approximate surface area is 366 Å². The summed E-state index contributed by atoms with van der Waals surface area (Å²) in [5.41, 5.74) is -1.60. The molecule has 0 spiro atoms. The molecule has 2 heterocycles. The lowest BCUT2D eigenvalue weighted by molar-refractivity contribution is -0.164. The quantitative estimate of drug-likeness (QED) is 0.0648. The van der Waals surface area contributed by atoms with Gasteiger partial charge in [0.1, 0.15) is 30.4 Å². The van der Waals surface area contributed by atoms with Gasteiger partial charge in [0.05, 0.1) is 50.4 Å². The average Bonchev–Trinajstić information content (AvgIpc) is 4.08. The van der Waals surface area contributed by atoms with Crippen LogP contribution in [-0.4, -0.2) is 40.8 Å². The molecule has 2 aromatic heterocycles. The van der Waals surface area contributed by atoms with Crippen molar-refractivity contribution in [2.45, 2.75) is 31.5 Å². The molecule has 0 radical (unpaired) electrons. The zero-order chi connectivity index (χ0) is 44.2. The first-order valence-electron chi connectivity index (χ1n) is 19.5. The predicted molar refractivity (Wildman–Crippen MR) is 225 cm³/mol. The molecule has 0 saturated heterocycles. The highest BCUT2D eigenvalue weighted by Crippen LogP contribution is 2.59. The largest absolute Gasteiger partial charge is 0.459 e. The zero-order valence-electron chi connectivity index (χ0n) is 32.6. The Morgan fingerprint density at radius 3 is 1.63 bits per heavy atom. The maximum atomic E-state index is 14.9. The molecule has 2 fully saturated rings. The summed E-state index contributed by atoms with van der Waals surface area (Å²) in [6.45, 7) is -0.456. The van der Waals surface area contributed by atoms with E-state index in [-0.39, 0.29) is 80.6 Å². The van der Waals surface area contributed by atoms with Crippen molar-refractivity contribution >= 4 is 74.5 Å². The van der Waals surface area contributed by atoms with Crippen LogP contribution in [0.4, 0.5) is 5.00 Å². The minimum Gasteiger partial charge on any atom is -0.459 e. The third-order valence-electron chi connectivity index (χ3n) is 11.9. The fourth-order valence-corrected chi connectivity index (χ4v) is 11.1. The Morgan fingerprint density at radius 2 is 1.16 bits per heavy atom. The standard InChI is InChI=1S/C48H27N5O8S2/c49-18-26-11-31-32(12-27(26)19-50)41(55)35(40(31)54)15-30-16-36-44(62-30)45-37(17-38(63-45)53-39-42(56)33-13-28(20-51)29(21-52)14-34(33)43(39)57)48(36,46(58)60-22-24-7-3-1-4-8-24)47(59)61-23-25-9-5-2-6-10-25/h1-12,15-17,28-29,33-34H,13-14,22-23H2. The maximum absolute atomic E-state index is 14.9. The number of ether oxygens (including phenoxy) is 2. The molecule has 3 aromatic carbocycles. The van der Waals surface area contributed by atoms with E-state index in [0.717, 1.165) is 22.7 Å². The molecule has 5 aromatic rings. The molecule has 13 nitrogen and oxygen atoms in total. The van der Waals surface area contributed by atoms with Crippen LogP contribution in [-0.2, 0) is 47.3 Å². The summed E-state index contributed by atoms with van der Waals surface area (Å²) in [6.07, 6.45) is 1.41. The number of benzene rings is 3. The first kappa shape index (κ1) is 40.5. The summed E-state index contributed by atoms with van der Waals surface area (Å²) >= 11 is 2.06. The van der Waals surface area contributed by atoms with Gasteiger partial charge >= 0.3 is 11.9 Å². The van der Waals surface area contributed by atoms with Gasteiger partial charge in [-0.1, -0.05) is 60.7 Å². The molecular weight excluding hydrogens is 839 g/mol. The topological polar surface area (TPSA) is 228 Å². The SMILES string of the molecule is N#Cc1cc2c(cc1C#N)C(=O)C(=Cc1cc3c(s1)-c1sc(N=C4C(=O)C5CC(C#N)C(C#N)CC5C4=O)cc1C3(C(=O)OCc1ccccc1)C(=O)OCc1ccccc1)C2=O. The first-order valence-corrected chi connectivity index (χ1v) is 21.1. The Bertz CT molecular complexity index is 2960. The number of nitriles is 4. The molecule has 63 heavy (non-hydrogen) atoms. The van der Waals surface area contributed by atoms with Crippen molar-refractivity contribution in [1.82, 2.24) is 0 Å². The number of ketones is 4. The summed E-state index contributed by atoms with van der Waals surface area (Å²) < 4.78 is 11.9. The van der Waals surface area contributed by atoms with Gasteiger partial charge in [-0.25, -0.2) is 4.99 Å². The fourth-order valence-electron chi connectivity index (χ4n) is 8.73. The lowest BCUT2D eigenvalue weighted by Crippen LogP contribution is -2.45. The van der Waals surface area contributed by atoms with Crippen LogP contribution in [0.3, 0.4) is 0 Å². The Balaban J connectivity index is 1.18. The van der Waals surface area contributed by atoms with Crippen LogP contribution >= 0.6 is 22.7 Å². The summed E-state index contributed by atoms with van der Waals surface area (Å²) in [5.74, 6) is -7.54. The van der Waals surface area contributed by atoms with Crippen molar-refractivity contribution in [3.8, 4) is 34.0 Å². The van der Waals surface area contributed by atoms with Gasteiger partial charge in [0, 0.05) is 39.0 Å². The van der Waals surface area contributed by atoms with E-state index >= 15 is 0 Å². The van der Waals surface area contributed by atoms with Gasteiger partial charge < -0.3 is 9.47 Å². The Kier molecular flexibility index (Phi) is 10.2. The van der Waals surface area contributed by atoms with E-state index in [1.807, 2.05) is 12.1 Å². The van der Waals surface area contributed by atoms with Gasteiger partial charge in [0.25, 0.3) is 0 Å². The van der Waals surface area contributed by atoms with Crippen molar-refractivity contribution in [1.29, 1.82) is 21.0 Å². The van der Waals surface area contributed by atoms with E-state index in [1.54, 1.807) is 60.7 Å². The van der Waals surface area contributed by atoms with Crippen LogP contribution in [0.2, 0.25) is 0 Å². The molecule has 0 bridgehead atoms. The highest BCUT2D eigenvalue weighted by Gasteiger charge is 2.60. The molecular formula is C48H27N5O8S2. The van der Waals surface area contributed by atoms with Crippen LogP contribution in [0.5, 0.6) is 0 Å². The Morgan fingerprint density at radius 1 is 0.683 bits per heavy atom. The molecule has 4 aliphatic rings. The van der Waals surface area contributed by atoms with Crippen LogP contribution in [0, 0.1) is 69.0 Å². The van der Waals surface area contributed by atoms with Gasteiger partial charge in [-0.2, -0.15) is 21.0 Å². The molecule has 2 saturated carbocycles. The third kappa shape index (κ3) is 6.50. The van der Waals surface area contributed by atoms with E-state index in [2.05, 4.69) is 17.1 Å². The van der Waals surface area contributed by atoms with E-state index < -0.39 is 64.2 Å². The van der Waals surface area contributed by atoms with E-state index in [1.165, 1.54) is 30.3 Å². The molecule has 15 heteroatoms. The summed E-state index contributed by atoms with van der Waals surface area (Å²) in [5, 5.41) is 38.6. The molecule has 0 N–H and O–H groups in total. The third-order valence-corrected chi connectivity index (χ3v) is 14.1. The molecule has 4 aliphatic carbocycles. The van der Waals surface area contributed by atoms with Crippen LogP contribution in [0.25, 0.3) is 15.8 Å². The number of thiophene rings is 2. The monoisotopic (exact) mass is 865 g/mol. The summed E-state index contributed by atoms with van der Waals surface area (Å²) in [4.78, 5) is 90.3. The lowest BCUT2D eigenvalue weighted by atomic mass is 9.70. The van der Waals surface area contributed by atoms with Crippen LogP contribution < -0.4 is 0 Å². The van der Waals surface area contributed by atoms with Crippen molar-refractivity contribution in [2.24, 2.45) is 28.7 Å². The molecule has 0 aliphatic heterocycles. The lowest BCUT2D eigenvalue weighted by Gasteiger charge is -2.29. The molecule has 304 valence electrons. The number of allylic oxidation sites excluding steroid dienone is 1. The summed E-state index contributed by atoms with van der Waals surface area (Å²) in [7, 11) is 0. The number of nitrogens with zero attached hydrogens (tertiary/aromatic N) is 5. The normalized spacial score (nSPS) is 20.0. The maximum Gasteiger partial charge on any atom is 0.333 e. The average molecular weight is 866 g/mol. The molecule has 0 amide bonds. The van der Waals surface area contributed by atoms with Gasteiger partial charge in [-0.05, 0) is 54.3 Å². The van der Waals surface area contributed by atoms with Gasteiger partial charge in [-0.15, -0.1) is 22.7 Å². The van der Waals surface area contributed by atoms with E-state index in [0.29, 0.717) is 20.9 Å². The number of aliphatic imine (C=N–C) groups is 1. The van der Waals surface area contributed by atoms with Crippen molar-refractivity contribution in [3.05, 3.63) is 140 Å². The number of hydrogen-bond acceptors (Lipinski definition) is 15. The number of carbonyl (C=O) groups excluding carboxylic acids is 6. The van der Waals surface area contributed by atoms with Crippen LogP contribution in [0.1, 0.15) is 71.8 Å². The second-order valence-corrected chi connectivity index (χ2v) is 17.4. The van der Waals surface area contributed by atoms with Crippen molar-refractivity contribution in [3.63, 3.8) is 0 Å². The Hall–Kier alpha value is -7.95. The van der Waals surface area contributed by atoms with Gasteiger partial charge in [0.15, 0.2) is 28.8 Å². The van der Waals surface area contributed by atoms with E-state index in [4.69, 9.17) is 9.47 Å². The number of rotatable bonds is 8. The highest BCUT2D eigenvalue weighted by molar-refractivity contribution is 7.25. The fraction of sp³-hybridized carbons (Fsp3) is 0.188. The van der Waals surface area contributed by atoms with E-state index in [9.17, 15) is 49.8 Å². The van der Waals surface area contributed by atoms with Crippen LogP contribution in [0.15, 0.2) is 95.5 Å². The second-order valence-electron chi connectivity index (χ2n) is 15.3. The summed E-state index contributed by atoms with van der Waals surface area (Å²) in [6, 6.07) is 30.9. The zero-order valence-corrected chi connectivity index (χ0v) is 34.2. The number of carbonyl (C=O) groups is 6. The number of fused-ring (bicyclic) bond motifs is 5. The van der Waals surface area contributed by atoms with Crippen molar-refractivity contribution in [2.75, 3.05) is 0 Å². The minimum atomic E-state index is -2.30. The highest BCUT2D eigenvalue weighted by atomic mass is 32.1. The predicted octanol–water partition coefficient (Wildman–Crippen LogP) is 7.30. The molecule has 9 rings (SSSR count). The second kappa shape index (κ2) is 15.8. The smallest absolute Gasteiger partial charge is 0.333 e. The first-order chi connectivity index (χ1) is 30.5. The van der Waals surface area contributed by atoms with Crippen molar-refractivity contribution < 1.29 is 38.2 Å². The van der Waals surface area contributed by atoms with Gasteiger partial charge in [-0.3, -0.25) is 28.8 Å².